The maximum Gasteiger partial charge on any atom is 0.0814 e. The van der Waals surface area contributed by atoms with Crippen molar-refractivity contribution in [2.75, 3.05) is 6.54 Å². The van der Waals surface area contributed by atoms with E-state index >= 15 is 0 Å². The number of nitrogens with zero attached hydrogens (tertiary/aromatic N) is 1. The van der Waals surface area contributed by atoms with Gasteiger partial charge in [0.15, 0.2) is 0 Å². The molecule has 0 saturated carbocycles. The number of aromatic nitrogens is 1. The van der Waals surface area contributed by atoms with Crippen LogP contribution in [0.25, 0.3) is 10.2 Å². The fourth-order valence-corrected chi connectivity index (χ4v) is 2.22. The van der Waals surface area contributed by atoms with Gasteiger partial charge in [-0.3, -0.25) is 0 Å². The Hall–Kier alpha value is -0.930. The smallest absolute Gasteiger partial charge is 0.0814 e. The van der Waals surface area contributed by atoms with Crippen LogP contribution < -0.4 is 5.32 Å². The molecular formula is C12H16N2S. The molecule has 0 aliphatic rings. The molecule has 0 aliphatic carbocycles. The molecule has 2 aromatic rings. The van der Waals surface area contributed by atoms with Crippen LogP contribution in [0.2, 0.25) is 0 Å². The normalized spacial score (nSPS) is 11.4. The van der Waals surface area contributed by atoms with Gasteiger partial charge in [-0.2, -0.15) is 0 Å². The first-order valence-corrected chi connectivity index (χ1v) is 6.19. The van der Waals surface area contributed by atoms with E-state index in [9.17, 15) is 0 Å². The molecule has 3 heteroatoms. The minimum Gasteiger partial charge on any atom is -0.314 e. The number of benzene rings is 1. The number of hydrogen-bond acceptors (Lipinski definition) is 3. The minimum atomic E-state index is 0.563. The Labute approximate surface area is 94.3 Å². The minimum absolute atomic E-state index is 0.563. The van der Waals surface area contributed by atoms with Crippen LogP contribution in [0, 0.1) is 0 Å². The Bertz CT molecular complexity index is 434. The first-order chi connectivity index (χ1) is 7.25. The Morgan fingerprint density at radius 2 is 2.27 bits per heavy atom. The summed E-state index contributed by atoms with van der Waals surface area (Å²) in [5, 5.41) is 3.42. The van der Waals surface area contributed by atoms with Gasteiger partial charge in [0.1, 0.15) is 0 Å². The van der Waals surface area contributed by atoms with Crippen molar-refractivity contribution in [1.29, 1.82) is 0 Å². The average molecular weight is 220 g/mol. The molecule has 0 aliphatic heterocycles. The number of nitrogens with one attached hydrogen (secondary N) is 1. The van der Waals surface area contributed by atoms with Gasteiger partial charge in [-0.25, -0.2) is 4.98 Å². The van der Waals surface area contributed by atoms with Gasteiger partial charge < -0.3 is 5.32 Å². The quantitative estimate of drug-likeness (QED) is 0.857. The molecule has 2 nitrogen and oxygen atoms in total. The molecular weight excluding hydrogens is 204 g/mol. The van der Waals surface area contributed by atoms with Crippen molar-refractivity contribution in [3.8, 4) is 0 Å². The van der Waals surface area contributed by atoms with Crippen LogP contribution in [0.4, 0.5) is 0 Å². The van der Waals surface area contributed by atoms with Gasteiger partial charge >= 0.3 is 0 Å². The van der Waals surface area contributed by atoms with E-state index < -0.39 is 0 Å². The van der Waals surface area contributed by atoms with Crippen molar-refractivity contribution >= 4 is 21.6 Å². The maximum atomic E-state index is 4.32. The topological polar surface area (TPSA) is 24.9 Å². The van der Waals surface area contributed by atoms with E-state index in [4.69, 9.17) is 0 Å². The second kappa shape index (κ2) is 4.73. The molecule has 0 spiro atoms. The lowest BCUT2D eigenvalue weighted by Crippen LogP contribution is -2.24. The van der Waals surface area contributed by atoms with Crippen LogP contribution in [0.5, 0.6) is 0 Å². The second-order valence-corrected chi connectivity index (χ2v) is 4.90. The van der Waals surface area contributed by atoms with Crippen LogP contribution in [0.15, 0.2) is 23.7 Å². The Morgan fingerprint density at radius 1 is 1.40 bits per heavy atom. The molecule has 1 aromatic carbocycles. The van der Waals surface area contributed by atoms with Gasteiger partial charge in [0.2, 0.25) is 0 Å². The molecule has 15 heavy (non-hydrogen) atoms. The summed E-state index contributed by atoms with van der Waals surface area (Å²) in [5.41, 5.74) is 4.39. The number of hydrogen-bond donors (Lipinski definition) is 1. The molecule has 80 valence electrons. The fraction of sp³-hybridized carbons (Fsp3) is 0.417. The lowest BCUT2D eigenvalue weighted by Gasteiger charge is -2.07. The molecule has 1 aromatic heterocycles. The molecule has 1 N–H and O–H groups in total. The van der Waals surface area contributed by atoms with E-state index in [1.807, 2.05) is 5.51 Å². The number of thiazole rings is 1. The van der Waals surface area contributed by atoms with Crippen LogP contribution in [0.3, 0.4) is 0 Å². The average Bonchev–Trinajstić information content (AvgIpc) is 2.64. The molecule has 0 fully saturated rings. The van der Waals surface area contributed by atoms with E-state index in [1.165, 1.54) is 10.3 Å². The van der Waals surface area contributed by atoms with Gasteiger partial charge in [0.05, 0.1) is 15.7 Å². The van der Waals surface area contributed by atoms with Gasteiger partial charge in [-0.15, -0.1) is 11.3 Å². The third-order valence-electron chi connectivity index (χ3n) is 2.36. The summed E-state index contributed by atoms with van der Waals surface area (Å²) in [4.78, 5) is 4.32. The molecule has 1 heterocycles. The highest BCUT2D eigenvalue weighted by Gasteiger charge is 1.99. The summed E-state index contributed by atoms with van der Waals surface area (Å²) in [5.74, 6) is 0. The van der Waals surface area contributed by atoms with Crippen molar-refractivity contribution in [3.05, 3.63) is 29.3 Å². The largest absolute Gasteiger partial charge is 0.314 e. The fourth-order valence-electron chi connectivity index (χ4n) is 1.56. The van der Waals surface area contributed by atoms with Crippen molar-refractivity contribution in [2.45, 2.75) is 26.3 Å². The predicted molar refractivity (Wildman–Crippen MR) is 66.5 cm³/mol. The zero-order valence-electron chi connectivity index (χ0n) is 9.16. The molecule has 0 unspecified atom stereocenters. The molecule has 0 bridgehead atoms. The first kappa shape index (κ1) is 10.6. The molecule has 0 amide bonds. The van der Waals surface area contributed by atoms with Crippen molar-refractivity contribution in [3.63, 3.8) is 0 Å². The summed E-state index contributed by atoms with van der Waals surface area (Å²) in [6.45, 7) is 5.38. The standard InChI is InChI=1S/C12H16N2S/c1-9(2)13-6-5-10-3-4-12-11(7-10)14-8-15-12/h3-4,7-9,13H,5-6H2,1-2H3. The summed E-state index contributed by atoms with van der Waals surface area (Å²) in [7, 11) is 0. The maximum absolute atomic E-state index is 4.32. The summed E-state index contributed by atoms with van der Waals surface area (Å²) >= 11 is 1.70. The van der Waals surface area contributed by atoms with E-state index in [-0.39, 0.29) is 0 Å². The van der Waals surface area contributed by atoms with Crippen molar-refractivity contribution in [2.24, 2.45) is 0 Å². The predicted octanol–water partition coefficient (Wildman–Crippen LogP) is 2.84. The summed E-state index contributed by atoms with van der Waals surface area (Å²) in [6.07, 6.45) is 1.08. The highest BCUT2D eigenvalue weighted by atomic mass is 32.1. The molecule has 0 saturated heterocycles. The molecule has 0 atom stereocenters. The van der Waals surface area contributed by atoms with E-state index in [0.717, 1.165) is 18.5 Å². The van der Waals surface area contributed by atoms with Crippen LogP contribution in [0.1, 0.15) is 19.4 Å². The van der Waals surface area contributed by atoms with Crippen molar-refractivity contribution in [1.82, 2.24) is 10.3 Å². The lowest BCUT2D eigenvalue weighted by molar-refractivity contribution is 0.590. The van der Waals surface area contributed by atoms with Gasteiger partial charge in [-0.05, 0) is 30.7 Å². The Balaban J connectivity index is 2.02. The van der Waals surface area contributed by atoms with Gasteiger partial charge in [0, 0.05) is 6.04 Å². The van der Waals surface area contributed by atoms with Crippen LogP contribution >= 0.6 is 11.3 Å². The molecule has 0 radical (unpaired) electrons. The highest BCUT2D eigenvalue weighted by Crippen LogP contribution is 2.18. The third-order valence-corrected chi connectivity index (χ3v) is 3.17. The van der Waals surface area contributed by atoms with Gasteiger partial charge in [0.25, 0.3) is 0 Å². The third kappa shape index (κ3) is 2.76. The highest BCUT2D eigenvalue weighted by molar-refractivity contribution is 7.16. The number of fused-ring (bicyclic) bond motifs is 1. The molecule has 2 rings (SSSR count). The van der Waals surface area contributed by atoms with E-state index in [2.05, 4.69) is 42.3 Å². The van der Waals surface area contributed by atoms with Crippen LogP contribution in [-0.4, -0.2) is 17.6 Å². The summed E-state index contributed by atoms with van der Waals surface area (Å²) < 4.78 is 1.27. The van der Waals surface area contributed by atoms with Crippen LogP contribution in [-0.2, 0) is 6.42 Å². The van der Waals surface area contributed by atoms with Crippen molar-refractivity contribution < 1.29 is 0 Å². The Morgan fingerprint density at radius 3 is 3.07 bits per heavy atom. The summed E-state index contributed by atoms with van der Waals surface area (Å²) in [6, 6.07) is 7.11. The number of rotatable bonds is 4. The first-order valence-electron chi connectivity index (χ1n) is 5.31. The zero-order valence-corrected chi connectivity index (χ0v) is 9.97. The second-order valence-electron chi connectivity index (χ2n) is 4.01. The SMILES string of the molecule is CC(C)NCCc1ccc2scnc2c1. The van der Waals surface area contributed by atoms with Gasteiger partial charge in [-0.1, -0.05) is 19.9 Å². The Kier molecular flexibility index (Phi) is 3.34. The van der Waals surface area contributed by atoms with E-state index in [0.29, 0.717) is 6.04 Å². The zero-order chi connectivity index (χ0) is 10.7. The lowest BCUT2D eigenvalue weighted by atomic mass is 10.1. The van der Waals surface area contributed by atoms with E-state index in [1.54, 1.807) is 11.3 Å². The monoisotopic (exact) mass is 220 g/mol.